The normalized spacial score (nSPS) is 20.8. The highest BCUT2D eigenvalue weighted by Gasteiger charge is 2.29. The zero-order valence-electron chi connectivity index (χ0n) is 17.3. The number of hydrogen-bond acceptors (Lipinski definition) is 3. The maximum Gasteiger partial charge on any atom is 0.422 e. The van der Waals surface area contributed by atoms with Crippen LogP contribution in [-0.2, 0) is 17.3 Å². The Kier molecular flexibility index (Phi) is 12.0. The van der Waals surface area contributed by atoms with E-state index >= 15 is 0 Å². The summed E-state index contributed by atoms with van der Waals surface area (Å²) in [6.07, 6.45) is -0.579. The van der Waals surface area contributed by atoms with Gasteiger partial charge in [-0.2, -0.15) is 13.2 Å². The molecule has 0 heterocycles. The molecule has 1 aromatic rings. The van der Waals surface area contributed by atoms with Crippen molar-refractivity contribution in [3.05, 3.63) is 29.8 Å². The number of alkyl halides is 3. The maximum absolute atomic E-state index is 12.5. The summed E-state index contributed by atoms with van der Waals surface area (Å²) >= 11 is 0. The van der Waals surface area contributed by atoms with Crippen molar-refractivity contribution in [3.8, 4) is 5.75 Å². The summed E-state index contributed by atoms with van der Waals surface area (Å²) in [6.45, 7) is 3.42. The van der Waals surface area contributed by atoms with E-state index in [0.717, 1.165) is 25.7 Å². The van der Waals surface area contributed by atoms with Gasteiger partial charge in [-0.05, 0) is 32.3 Å². The molecule has 1 fully saturated rings. The molecule has 0 spiro atoms. The molecule has 0 amide bonds. The number of rotatable bonds is 8. The zero-order valence-corrected chi connectivity index (χ0v) is 20.5. The van der Waals surface area contributed by atoms with Crippen LogP contribution < -0.4 is 15.4 Å². The fourth-order valence-electron chi connectivity index (χ4n) is 3.36. The molecule has 3 atom stereocenters. The van der Waals surface area contributed by atoms with E-state index in [-0.39, 0.29) is 47.6 Å². The van der Waals surface area contributed by atoms with E-state index in [4.69, 9.17) is 4.74 Å². The Labute approximate surface area is 196 Å². The predicted octanol–water partition coefficient (Wildman–Crippen LogP) is 4.38. The third-order valence-electron chi connectivity index (χ3n) is 4.74. The van der Waals surface area contributed by atoms with Crippen molar-refractivity contribution in [2.75, 3.05) is 18.9 Å². The average Bonchev–Trinajstić information content (AvgIpc) is 2.70. The summed E-state index contributed by atoms with van der Waals surface area (Å²) in [5, 5.41) is 6.77. The van der Waals surface area contributed by atoms with E-state index in [1.807, 2.05) is 13.8 Å². The lowest BCUT2D eigenvalue weighted by molar-refractivity contribution is -0.153. The molecule has 3 unspecified atom stereocenters. The molecule has 172 valence electrons. The van der Waals surface area contributed by atoms with Crippen LogP contribution in [0.5, 0.6) is 5.75 Å². The Balaban J connectivity index is 0.00000450. The smallest absolute Gasteiger partial charge is 0.422 e. The summed E-state index contributed by atoms with van der Waals surface area (Å²) in [5.41, 5.74) is 0.586. The van der Waals surface area contributed by atoms with Gasteiger partial charge in [-0.1, -0.05) is 31.5 Å². The summed E-state index contributed by atoms with van der Waals surface area (Å²) in [7, 11) is -0.808. The van der Waals surface area contributed by atoms with Gasteiger partial charge in [0, 0.05) is 40.0 Å². The van der Waals surface area contributed by atoms with Crippen molar-refractivity contribution < 1.29 is 22.1 Å². The summed E-state index contributed by atoms with van der Waals surface area (Å²) in [6, 6.07) is 6.79. The Morgan fingerprint density at radius 1 is 1.27 bits per heavy atom. The van der Waals surface area contributed by atoms with Crippen LogP contribution in [0.25, 0.3) is 0 Å². The van der Waals surface area contributed by atoms with E-state index in [2.05, 4.69) is 15.6 Å². The van der Waals surface area contributed by atoms with Crippen LogP contribution in [-0.4, -0.2) is 46.5 Å². The topological polar surface area (TPSA) is 62.7 Å². The minimum atomic E-state index is -4.39. The van der Waals surface area contributed by atoms with E-state index in [1.54, 1.807) is 18.2 Å². The van der Waals surface area contributed by atoms with Crippen LogP contribution >= 0.6 is 24.0 Å². The molecule has 1 aliphatic rings. The number of nitrogens with one attached hydrogen (secondary N) is 2. The van der Waals surface area contributed by atoms with Crippen molar-refractivity contribution in [2.24, 2.45) is 4.99 Å². The Bertz CT molecular complexity index is 704. The lowest BCUT2D eigenvalue weighted by Gasteiger charge is -2.30. The van der Waals surface area contributed by atoms with Crippen molar-refractivity contribution in [1.29, 1.82) is 0 Å². The van der Waals surface area contributed by atoms with Gasteiger partial charge >= 0.3 is 6.18 Å². The Hall–Kier alpha value is -1.04. The second-order valence-corrected chi connectivity index (χ2v) is 9.01. The van der Waals surface area contributed by atoms with Crippen LogP contribution in [0.15, 0.2) is 29.3 Å². The summed E-state index contributed by atoms with van der Waals surface area (Å²) in [5.74, 6) is 1.45. The first-order valence-corrected chi connectivity index (χ1v) is 11.4. The molecule has 1 aliphatic carbocycles. The largest absolute Gasteiger partial charge is 0.484 e. The number of nitrogens with zero attached hydrogens (tertiary/aromatic N) is 1. The van der Waals surface area contributed by atoms with Gasteiger partial charge in [-0.25, -0.2) is 4.99 Å². The van der Waals surface area contributed by atoms with Gasteiger partial charge in [0.15, 0.2) is 12.6 Å². The molecule has 0 radical (unpaired) electrons. The Morgan fingerprint density at radius 3 is 2.67 bits per heavy atom. The van der Waals surface area contributed by atoms with E-state index in [9.17, 15) is 17.4 Å². The fourth-order valence-corrected chi connectivity index (χ4v) is 4.71. The maximum atomic E-state index is 12.5. The molecular weight excluding hydrogens is 530 g/mol. The van der Waals surface area contributed by atoms with Crippen molar-refractivity contribution in [3.63, 3.8) is 0 Å². The van der Waals surface area contributed by atoms with Crippen molar-refractivity contribution in [2.45, 2.75) is 63.5 Å². The number of para-hydroxylation sites is 1. The number of halogens is 4. The van der Waals surface area contributed by atoms with Crippen LogP contribution in [0, 0.1) is 0 Å². The summed E-state index contributed by atoms with van der Waals surface area (Å²) in [4.78, 5) is 4.53. The van der Waals surface area contributed by atoms with Gasteiger partial charge in [0.05, 0.1) is 6.54 Å². The minimum Gasteiger partial charge on any atom is -0.484 e. The minimum absolute atomic E-state index is 0. The zero-order chi connectivity index (χ0) is 21.3. The van der Waals surface area contributed by atoms with Crippen LogP contribution in [0.1, 0.15) is 45.1 Å². The van der Waals surface area contributed by atoms with Crippen molar-refractivity contribution in [1.82, 2.24) is 10.6 Å². The lowest BCUT2D eigenvalue weighted by atomic mass is 9.95. The van der Waals surface area contributed by atoms with Crippen LogP contribution in [0.3, 0.4) is 0 Å². The molecule has 0 bridgehead atoms. The predicted molar refractivity (Wildman–Crippen MR) is 126 cm³/mol. The molecule has 0 aliphatic heterocycles. The van der Waals surface area contributed by atoms with Gasteiger partial charge < -0.3 is 15.4 Å². The lowest BCUT2D eigenvalue weighted by Crippen LogP contribution is -2.46. The van der Waals surface area contributed by atoms with Crippen molar-refractivity contribution >= 4 is 40.7 Å². The van der Waals surface area contributed by atoms with Gasteiger partial charge in [0.25, 0.3) is 0 Å². The highest BCUT2D eigenvalue weighted by atomic mass is 127. The molecule has 1 saturated carbocycles. The molecule has 5 nitrogen and oxygen atoms in total. The first-order valence-electron chi connectivity index (χ1n) is 10.0. The average molecular weight is 561 g/mol. The number of aliphatic imine (C=N–C) groups is 1. The van der Waals surface area contributed by atoms with Gasteiger partial charge in [-0.3, -0.25) is 4.21 Å². The molecule has 0 saturated heterocycles. The van der Waals surface area contributed by atoms with Crippen LogP contribution in [0.4, 0.5) is 13.2 Å². The third kappa shape index (κ3) is 9.40. The molecular formula is C20H31F3IN3O2S. The standard InChI is InChI=1S/C20H30F3N3O2S.HI/c1-3-24-19(26-16-9-7-10-17(12-16)29(27)4-2)25-13-15-8-5-6-11-18(15)28-14-20(21,22)23;/h5-6,8,11,16-17H,3-4,7,9-10,12-14H2,1-2H3,(H2,24,25,26);1H. The Morgan fingerprint density at radius 2 is 2.00 bits per heavy atom. The first-order chi connectivity index (χ1) is 13.8. The molecule has 30 heavy (non-hydrogen) atoms. The second kappa shape index (κ2) is 13.4. The van der Waals surface area contributed by atoms with Gasteiger partial charge in [-0.15, -0.1) is 24.0 Å². The first kappa shape index (κ1) is 27.0. The van der Waals surface area contributed by atoms with E-state index in [1.165, 1.54) is 6.07 Å². The monoisotopic (exact) mass is 561 g/mol. The van der Waals surface area contributed by atoms with Crippen LogP contribution in [0.2, 0.25) is 0 Å². The second-order valence-electron chi connectivity index (χ2n) is 7.01. The molecule has 10 heteroatoms. The van der Waals surface area contributed by atoms with Gasteiger partial charge in [0.2, 0.25) is 0 Å². The molecule has 2 rings (SSSR count). The molecule has 1 aromatic carbocycles. The quantitative estimate of drug-likeness (QED) is 0.281. The van der Waals surface area contributed by atoms with E-state index < -0.39 is 23.6 Å². The molecule has 2 N–H and O–H groups in total. The highest BCUT2D eigenvalue weighted by molar-refractivity contribution is 14.0. The number of benzene rings is 1. The molecule has 0 aromatic heterocycles. The number of hydrogen-bond donors (Lipinski definition) is 2. The number of guanidine groups is 1. The SMILES string of the molecule is CCNC(=NCc1ccccc1OCC(F)(F)F)NC1CCCC(S(=O)CC)C1.I. The number of ether oxygens (including phenoxy) is 1. The highest BCUT2D eigenvalue weighted by Crippen LogP contribution is 2.24. The summed E-state index contributed by atoms with van der Waals surface area (Å²) < 4.78 is 54.5. The van der Waals surface area contributed by atoms with Gasteiger partial charge in [0.1, 0.15) is 5.75 Å². The van der Waals surface area contributed by atoms with E-state index in [0.29, 0.717) is 23.8 Å². The third-order valence-corrected chi connectivity index (χ3v) is 6.48. The fraction of sp³-hybridized carbons (Fsp3) is 0.650.